The molecule has 2 aromatic heterocycles. The van der Waals surface area contributed by atoms with E-state index in [4.69, 9.17) is 22.6 Å². The third-order valence-electron chi connectivity index (χ3n) is 2.99. The molecule has 2 rings (SSSR count). The summed E-state index contributed by atoms with van der Waals surface area (Å²) < 4.78 is 0. The summed E-state index contributed by atoms with van der Waals surface area (Å²) >= 11 is 7.02. The third kappa shape index (κ3) is 3.93. The molecule has 24 heavy (non-hydrogen) atoms. The van der Waals surface area contributed by atoms with Crippen LogP contribution in [0.25, 0.3) is 0 Å². The van der Waals surface area contributed by atoms with Gasteiger partial charge in [-0.2, -0.15) is 10.5 Å². The predicted molar refractivity (Wildman–Crippen MR) is 90.0 cm³/mol. The molecule has 0 spiro atoms. The number of aromatic amines is 1. The van der Waals surface area contributed by atoms with E-state index in [1.807, 2.05) is 12.1 Å². The molecule has 0 saturated carbocycles. The molecule has 0 bridgehead atoms. The van der Waals surface area contributed by atoms with Crippen LogP contribution in [0.15, 0.2) is 29.4 Å². The highest BCUT2D eigenvalue weighted by Crippen LogP contribution is 2.26. The van der Waals surface area contributed by atoms with E-state index in [2.05, 4.69) is 15.3 Å². The van der Waals surface area contributed by atoms with Crippen molar-refractivity contribution < 1.29 is 9.78 Å². The Labute approximate surface area is 147 Å². The van der Waals surface area contributed by atoms with Gasteiger partial charge < -0.3 is 5.32 Å². The van der Waals surface area contributed by atoms with Gasteiger partial charge in [-0.3, -0.25) is 10.5 Å². The van der Waals surface area contributed by atoms with E-state index in [-0.39, 0.29) is 28.0 Å². The van der Waals surface area contributed by atoms with E-state index >= 15 is 0 Å². The van der Waals surface area contributed by atoms with Gasteiger partial charge in [-0.25, -0.2) is 9.97 Å². The Morgan fingerprint density at radius 3 is 2.79 bits per heavy atom. The second-order valence-corrected chi connectivity index (χ2v) is 6.36. The molecule has 2 aromatic rings. The first-order valence-electron chi connectivity index (χ1n) is 6.70. The highest BCUT2D eigenvalue weighted by Gasteiger charge is 2.22. The van der Waals surface area contributed by atoms with Crippen molar-refractivity contribution in [3.63, 3.8) is 0 Å². The number of nitrogens with zero attached hydrogens (tertiary/aromatic N) is 3. The van der Waals surface area contributed by atoms with Crippen molar-refractivity contribution >= 4 is 40.8 Å². The van der Waals surface area contributed by atoms with Crippen molar-refractivity contribution in [2.24, 2.45) is 0 Å². The number of H-pyrrole nitrogens is 1. The van der Waals surface area contributed by atoms with Crippen LogP contribution in [0.3, 0.4) is 0 Å². The Kier molecular flexibility index (Phi) is 5.59. The number of nitrogens with two attached hydrogens (primary N) is 1. The molecule has 9 heteroatoms. The first-order valence-corrected chi connectivity index (χ1v) is 7.96. The van der Waals surface area contributed by atoms with Crippen LogP contribution in [0.2, 0.25) is 5.15 Å². The summed E-state index contributed by atoms with van der Waals surface area (Å²) in [5, 5.41) is 20.9. The van der Waals surface area contributed by atoms with Gasteiger partial charge in [0.1, 0.15) is 23.3 Å². The zero-order chi connectivity index (χ0) is 17.7. The number of rotatable bonds is 4. The van der Waals surface area contributed by atoms with Crippen molar-refractivity contribution in [3.8, 4) is 12.1 Å². The summed E-state index contributed by atoms with van der Waals surface area (Å²) in [6.07, 6.45) is 1.52. The van der Waals surface area contributed by atoms with Gasteiger partial charge in [0.15, 0.2) is 10.2 Å². The number of pyridine rings is 2. The van der Waals surface area contributed by atoms with Crippen LogP contribution in [-0.4, -0.2) is 16.1 Å². The number of carbonyl (C=O) groups excluding carboxylic acids is 1. The van der Waals surface area contributed by atoms with Crippen LogP contribution in [0.4, 0.5) is 11.5 Å². The summed E-state index contributed by atoms with van der Waals surface area (Å²) in [6, 6.07) is 8.55. The minimum absolute atomic E-state index is 0.141. The van der Waals surface area contributed by atoms with Gasteiger partial charge in [0.25, 0.3) is 5.82 Å². The minimum atomic E-state index is -0.544. The second-order valence-electron chi connectivity index (χ2n) is 4.65. The normalized spacial score (nSPS) is 11.2. The average Bonchev–Trinajstić information content (AvgIpc) is 2.57. The fraction of sp³-hybridized carbons (Fsp3) is 0.133. The molecule has 0 saturated heterocycles. The summed E-state index contributed by atoms with van der Waals surface area (Å²) in [7, 11) is 0. The molecular formula is C15H12ClN6OS+. The number of halogens is 1. The van der Waals surface area contributed by atoms with Crippen LogP contribution in [0.1, 0.15) is 18.1 Å². The lowest BCUT2D eigenvalue weighted by Gasteiger charge is -2.12. The number of hydrogen-bond donors (Lipinski definition) is 2. The molecule has 1 atom stereocenters. The van der Waals surface area contributed by atoms with Gasteiger partial charge >= 0.3 is 0 Å². The molecule has 0 unspecified atom stereocenters. The molecule has 2 heterocycles. The van der Waals surface area contributed by atoms with Gasteiger partial charge in [0.2, 0.25) is 5.91 Å². The molecule has 4 N–H and O–H groups in total. The first kappa shape index (κ1) is 17.5. The van der Waals surface area contributed by atoms with Gasteiger partial charge in [-0.1, -0.05) is 23.4 Å². The van der Waals surface area contributed by atoms with Crippen LogP contribution in [-0.2, 0) is 4.79 Å². The Morgan fingerprint density at radius 1 is 1.46 bits per heavy atom. The molecule has 0 fully saturated rings. The molecule has 1 amide bonds. The Balaban J connectivity index is 2.18. The number of thioether (sulfide) groups is 1. The largest absolute Gasteiger partial charge is 0.322 e. The Morgan fingerprint density at radius 2 is 2.17 bits per heavy atom. The number of aromatic nitrogens is 2. The molecular weight excluding hydrogens is 348 g/mol. The average molecular weight is 360 g/mol. The van der Waals surface area contributed by atoms with E-state index < -0.39 is 5.25 Å². The summed E-state index contributed by atoms with van der Waals surface area (Å²) in [5.41, 5.74) is 6.54. The fourth-order valence-corrected chi connectivity index (χ4v) is 2.84. The van der Waals surface area contributed by atoms with Crippen molar-refractivity contribution in [2.45, 2.75) is 17.2 Å². The van der Waals surface area contributed by atoms with Crippen molar-refractivity contribution in [3.05, 3.63) is 40.7 Å². The van der Waals surface area contributed by atoms with Gasteiger partial charge in [0.05, 0.1) is 10.9 Å². The number of nitrogen functional groups attached to an aromatic ring is 1. The van der Waals surface area contributed by atoms with Crippen LogP contribution < -0.4 is 16.0 Å². The maximum atomic E-state index is 12.3. The lowest BCUT2D eigenvalue weighted by molar-refractivity contribution is -0.410. The van der Waals surface area contributed by atoms with Crippen LogP contribution in [0.5, 0.6) is 0 Å². The molecule has 120 valence electrons. The highest BCUT2D eigenvalue weighted by molar-refractivity contribution is 8.00. The quantitative estimate of drug-likeness (QED) is 0.634. The van der Waals surface area contributed by atoms with Crippen molar-refractivity contribution in [1.29, 1.82) is 10.5 Å². The second kappa shape index (κ2) is 7.64. The summed E-state index contributed by atoms with van der Waals surface area (Å²) in [4.78, 5) is 18.9. The van der Waals surface area contributed by atoms with E-state index in [0.717, 1.165) is 11.8 Å². The molecule has 7 nitrogen and oxygen atoms in total. The summed E-state index contributed by atoms with van der Waals surface area (Å²) in [5.74, 6) is -0.169. The highest BCUT2D eigenvalue weighted by atomic mass is 35.5. The summed E-state index contributed by atoms with van der Waals surface area (Å²) in [6.45, 7) is 1.67. The SMILES string of the molecule is C[C@H](Sc1[nH+]c(N)c(C#N)cc1C#N)C(=O)Nc1cccnc1Cl. The lowest BCUT2D eigenvalue weighted by atomic mass is 10.2. The molecule has 0 aliphatic carbocycles. The predicted octanol–water partition coefficient (Wildman–Crippen LogP) is 1.99. The number of nitrogens with one attached hydrogen (secondary N) is 2. The lowest BCUT2D eigenvalue weighted by Crippen LogP contribution is -2.25. The van der Waals surface area contributed by atoms with Crippen molar-refractivity contribution in [1.82, 2.24) is 4.98 Å². The van der Waals surface area contributed by atoms with E-state index in [1.165, 1.54) is 12.3 Å². The number of amides is 1. The zero-order valence-corrected chi connectivity index (χ0v) is 14.1. The molecule has 0 aliphatic rings. The van der Waals surface area contributed by atoms with Crippen LogP contribution >= 0.6 is 23.4 Å². The van der Waals surface area contributed by atoms with Gasteiger partial charge in [0, 0.05) is 6.20 Å². The first-order chi connectivity index (χ1) is 11.5. The smallest absolute Gasteiger partial charge is 0.289 e. The monoisotopic (exact) mass is 359 g/mol. The number of carbonyl (C=O) groups is 1. The third-order valence-corrected chi connectivity index (χ3v) is 4.42. The molecule has 0 aliphatic heterocycles. The Hall–Kier alpha value is -2.81. The molecule has 0 radical (unpaired) electrons. The van der Waals surface area contributed by atoms with Gasteiger partial charge in [-0.15, -0.1) is 0 Å². The number of anilines is 2. The zero-order valence-electron chi connectivity index (χ0n) is 12.5. The van der Waals surface area contributed by atoms with Gasteiger partial charge in [-0.05, 0) is 25.1 Å². The number of nitriles is 2. The fourth-order valence-electron chi connectivity index (χ4n) is 1.76. The van der Waals surface area contributed by atoms with Crippen LogP contribution in [0, 0.1) is 22.7 Å². The molecule has 0 aromatic carbocycles. The number of hydrogen-bond acceptors (Lipinski definition) is 6. The standard InChI is InChI=1S/C15H11ClN6OS/c1-8(14(23)21-11-3-2-4-20-12(11)16)24-15-10(7-18)5-9(6-17)13(19)22-15/h2-5,8H,1H3,(H2,19,22)(H,21,23)/p+1/t8-/m0/s1. The topological polar surface area (TPSA) is 130 Å². The maximum Gasteiger partial charge on any atom is 0.289 e. The minimum Gasteiger partial charge on any atom is -0.322 e. The van der Waals surface area contributed by atoms with Crippen molar-refractivity contribution in [2.75, 3.05) is 11.1 Å². The van der Waals surface area contributed by atoms with E-state index in [0.29, 0.717) is 10.7 Å². The van der Waals surface area contributed by atoms with E-state index in [1.54, 1.807) is 19.1 Å². The van der Waals surface area contributed by atoms with E-state index in [9.17, 15) is 10.1 Å². The Bertz CT molecular complexity index is 873. The maximum absolute atomic E-state index is 12.3.